The number of carbonyl (C=O) groups is 1. The van der Waals surface area contributed by atoms with Gasteiger partial charge in [-0.25, -0.2) is 0 Å². The molecule has 2 aliphatic rings. The maximum absolute atomic E-state index is 12.4. The molecule has 0 aromatic rings. The maximum Gasteiger partial charge on any atom is 0.224 e. The van der Waals surface area contributed by atoms with Crippen LogP contribution >= 0.6 is 12.2 Å². The lowest BCUT2D eigenvalue weighted by Gasteiger charge is -2.44. The first-order valence-corrected chi connectivity index (χ1v) is 8.66. The molecule has 2 saturated heterocycles. The normalized spacial score (nSPS) is 26.2. The molecule has 0 spiro atoms. The summed E-state index contributed by atoms with van der Waals surface area (Å²) < 4.78 is 0. The number of rotatable bonds is 3. The Balaban J connectivity index is 1.84. The van der Waals surface area contributed by atoms with Crippen LogP contribution in [0.2, 0.25) is 0 Å². The van der Waals surface area contributed by atoms with Crippen LogP contribution < -0.4 is 5.32 Å². The van der Waals surface area contributed by atoms with Crippen molar-refractivity contribution in [2.75, 3.05) is 19.6 Å². The standard InChI is InChI=1S/C16H29N3OS/c1-13-12-16(2,3)17-15(21)19(13)11-8-14(20)18-9-6-4-5-7-10-18/h13H,4-12H2,1-3H3,(H,17,21). The Labute approximate surface area is 134 Å². The minimum Gasteiger partial charge on any atom is -0.358 e. The molecule has 1 N–H and O–H groups in total. The predicted molar refractivity (Wildman–Crippen MR) is 90.3 cm³/mol. The van der Waals surface area contributed by atoms with Gasteiger partial charge in [-0.05, 0) is 52.3 Å². The van der Waals surface area contributed by atoms with E-state index in [1.54, 1.807) is 0 Å². The fourth-order valence-corrected chi connectivity index (χ4v) is 4.02. The van der Waals surface area contributed by atoms with Gasteiger partial charge in [0.25, 0.3) is 0 Å². The highest BCUT2D eigenvalue weighted by molar-refractivity contribution is 7.80. The average Bonchev–Trinajstić information content (AvgIpc) is 2.64. The number of thiocarbonyl (C=S) groups is 1. The maximum atomic E-state index is 12.4. The van der Waals surface area contributed by atoms with Crippen LogP contribution in [0.15, 0.2) is 0 Å². The van der Waals surface area contributed by atoms with E-state index in [1.165, 1.54) is 12.8 Å². The van der Waals surface area contributed by atoms with Gasteiger partial charge in [-0.2, -0.15) is 0 Å². The van der Waals surface area contributed by atoms with Crippen molar-refractivity contribution in [3.05, 3.63) is 0 Å². The van der Waals surface area contributed by atoms with Crippen molar-refractivity contribution in [1.29, 1.82) is 0 Å². The first kappa shape index (κ1) is 16.5. The Morgan fingerprint density at radius 2 is 1.90 bits per heavy atom. The molecule has 2 heterocycles. The lowest BCUT2D eigenvalue weighted by Crippen LogP contribution is -2.60. The third-order valence-electron chi connectivity index (χ3n) is 4.57. The van der Waals surface area contributed by atoms with E-state index in [0.29, 0.717) is 12.5 Å². The largest absolute Gasteiger partial charge is 0.358 e. The van der Waals surface area contributed by atoms with Crippen molar-refractivity contribution in [2.45, 2.75) is 70.9 Å². The second-order valence-corrected chi connectivity index (χ2v) is 7.49. The van der Waals surface area contributed by atoms with Gasteiger partial charge in [-0.15, -0.1) is 0 Å². The molecular weight excluding hydrogens is 282 g/mol. The van der Waals surface area contributed by atoms with E-state index in [9.17, 15) is 4.79 Å². The molecule has 2 rings (SSSR count). The lowest BCUT2D eigenvalue weighted by molar-refractivity contribution is -0.131. The summed E-state index contributed by atoms with van der Waals surface area (Å²) in [6.07, 6.45) is 6.45. The van der Waals surface area contributed by atoms with E-state index in [4.69, 9.17) is 12.2 Å². The Morgan fingerprint density at radius 3 is 2.48 bits per heavy atom. The van der Waals surface area contributed by atoms with Gasteiger partial charge in [-0.1, -0.05) is 12.8 Å². The summed E-state index contributed by atoms with van der Waals surface area (Å²) in [5, 5.41) is 4.18. The second-order valence-electron chi connectivity index (χ2n) is 7.11. The Hall–Kier alpha value is -0.840. The molecule has 0 aliphatic carbocycles. The third-order valence-corrected chi connectivity index (χ3v) is 4.91. The van der Waals surface area contributed by atoms with Crippen molar-refractivity contribution >= 4 is 23.2 Å². The second kappa shape index (κ2) is 6.95. The SMILES string of the molecule is CC1CC(C)(C)NC(=S)N1CCC(=O)N1CCCCCC1. The van der Waals surface area contributed by atoms with E-state index in [2.05, 4.69) is 31.0 Å². The first-order valence-electron chi connectivity index (χ1n) is 8.26. The molecule has 0 saturated carbocycles. The first-order chi connectivity index (χ1) is 9.89. The van der Waals surface area contributed by atoms with Crippen LogP contribution in [-0.4, -0.2) is 52.0 Å². The lowest BCUT2D eigenvalue weighted by atomic mass is 9.93. The van der Waals surface area contributed by atoms with Gasteiger partial charge in [0, 0.05) is 37.6 Å². The van der Waals surface area contributed by atoms with Gasteiger partial charge in [-0.3, -0.25) is 4.79 Å². The molecule has 0 aromatic carbocycles. The summed E-state index contributed by atoms with van der Waals surface area (Å²) >= 11 is 5.47. The predicted octanol–water partition coefficient (Wildman–Crippen LogP) is 2.53. The van der Waals surface area contributed by atoms with Crippen LogP contribution in [0.3, 0.4) is 0 Å². The molecule has 5 heteroatoms. The zero-order chi connectivity index (χ0) is 15.5. The number of nitrogens with one attached hydrogen (secondary N) is 1. The average molecular weight is 311 g/mol. The number of likely N-dealkylation sites (tertiary alicyclic amines) is 1. The highest BCUT2D eigenvalue weighted by atomic mass is 32.1. The van der Waals surface area contributed by atoms with Gasteiger partial charge < -0.3 is 15.1 Å². The van der Waals surface area contributed by atoms with Crippen LogP contribution in [0.25, 0.3) is 0 Å². The van der Waals surface area contributed by atoms with Gasteiger partial charge in [0.05, 0.1) is 0 Å². The highest BCUT2D eigenvalue weighted by Crippen LogP contribution is 2.22. The summed E-state index contributed by atoms with van der Waals surface area (Å²) in [7, 11) is 0. The van der Waals surface area contributed by atoms with Crippen molar-refractivity contribution in [3.8, 4) is 0 Å². The zero-order valence-corrected chi connectivity index (χ0v) is 14.5. The molecular formula is C16H29N3OS. The number of hydrogen-bond acceptors (Lipinski definition) is 2. The minimum absolute atomic E-state index is 0.0573. The monoisotopic (exact) mass is 311 g/mol. The molecule has 2 aliphatic heterocycles. The van der Waals surface area contributed by atoms with Crippen molar-refractivity contribution in [3.63, 3.8) is 0 Å². The molecule has 21 heavy (non-hydrogen) atoms. The smallest absolute Gasteiger partial charge is 0.224 e. The van der Waals surface area contributed by atoms with E-state index in [1.807, 2.05) is 4.90 Å². The van der Waals surface area contributed by atoms with Crippen LogP contribution in [0.4, 0.5) is 0 Å². The number of amides is 1. The van der Waals surface area contributed by atoms with E-state index < -0.39 is 0 Å². The van der Waals surface area contributed by atoms with E-state index in [-0.39, 0.29) is 11.4 Å². The number of carbonyl (C=O) groups excluding carboxylic acids is 1. The molecule has 120 valence electrons. The zero-order valence-electron chi connectivity index (χ0n) is 13.7. The summed E-state index contributed by atoms with van der Waals surface area (Å²) in [6.45, 7) is 9.16. The van der Waals surface area contributed by atoms with Crippen LogP contribution in [0, 0.1) is 0 Å². The van der Waals surface area contributed by atoms with Gasteiger partial charge in [0.15, 0.2) is 5.11 Å². The van der Waals surface area contributed by atoms with Crippen molar-refractivity contribution in [1.82, 2.24) is 15.1 Å². The molecule has 1 amide bonds. The molecule has 0 radical (unpaired) electrons. The molecule has 0 aromatic heterocycles. The fraction of sp³-hybridized carbons (Fsp3) is 0.875. The van der Waals surface area contributed by atoms with E-state index in [0.717, 1.165) is 44.0 Å². The quantitative estimate of drug-likeness (QED) is 0.813. The van der Waals surface area contributed by atoms with Crippen LogP contribution in [-0.2, 0) is 4.79 Å². The summed E-state index contributed by atoms with van der Waals surface area (Å²) in [4.78, 5) is 16.6. The van der Waals surface area contributed by atoms with Gasteiger partial charge in [0.1, 0.15) is 0 Å². The molecule has 0 bridgehead atoms. The fourth-order valence-electron chi connectivity index (χ4n) is 3.48. The van der Waals surface area contributed by atoms with Gasteiger partial charge >= 0.3 is 0 Å². The Bertz CT molecular complexity index is 389. The Kier molecular flexibility index (Phi) is 5.47. The number of nitrogens with zero attached hydrogens (tertiary/aromatic N) is 2. The summed E-state index contributed by atoms with van der Waals surface area (Å²) in [5.74, 6) is 0.289. The van der Waals surface area contributed by atoms with Crippen molar-refractivity contribution in [2.24, 2.45) is 0 Å². The third kappa shape index (κ3) is 4.56. The minimum atomic E-state index is 0.0573. The number of hydrogen-bond donors (Lipinski definition) is 1. The molecule has 1 atom stereocenters. The summed E-state index contributed by atoms with van der Waals surface area (Å²) in [6, 6.07) is 0.394. The highest BCUT2D eigenvalue weighted by Gasteiger charge is 2.33. The Morgan fingerprint density at radius 1 is 1.29 bits per heavy atom. The van der Waals surface area contributed by atoms with Crippen molar-refractivity contribution < 1.29 is 4.79 Å². The van der Waals surface area contributed by atoms with E-state index >= 15 is 0 Å². The topological polar surface area (TPSA) is 35.6 Å². The van der Waals surface area contributed by atoms with Gasteiger partial charge in [0.2, 0.25) is 5.91 Å². The van der Waals surface area contributed by atoms with Crippen LogP contribution in [0.5, 0.6) is 0 Å². The molecule has 4 nitrogen and oxygen atoms in total. The molecule has 2 fully saturated rings. The molecule has 1 unspecified atom stereocenters. The summed E-state index contributed by atoms with van der Waals surface area (Å²) in [5.41, 5.74) is 0.0573. The van der Waals surface area contributed by atoms with Crippen LogP contribution in [0.1, 0.15) is 59.3 Å².